The molecule has 0 aliphatic rings. The van der Waals surface area contributed by atoms with Crippen LogP contribution in [0.4, 0.5) is 5.69 Å². The van der Waals surface area contributed by atoms with E-state index in [1.54, 1.807) is 19.1 Å². The first-order valence-corrected chi connectivity index (χ1v) is 9.30. The van der Waals surface area contributed by atoms with Crippen LogP contribution in [0.15, 0.2) is 51.8 Å². The maximum absolute atomic E-state index is 12.1. The third-order valence-electron chi connectivity index (χ3n) is 2.93. The monoisotopic (exact) mass is 427 g/mol. The van der Waals surface area contributed by atoms with Gasteiger partial charge in [0.1, 0.15) is 0 Å². The molecule has 0 aliphatic heterocycles. The van der Waals surface area contributed by atoms with Gasteiger partial charge < -0.3 is 10.1 Å². The Morgan fingerprint density at radius 3 is 2.58 bits per heavy atom. The van der Waals surface area contributed by atoms with E-state index in [0.717, 1.165) is 9.37 Å². The summed E-state index contributed by atoms with van der Waals surface area (Å²) < 4.78 is 5.93. The molecule has 4 nitrogen and oxygen atoms in total. The van der Waals surface area contributed by atoms with Crippen molar-refractivity contribution in [1.82, 2.24) is 0 Å². The first-order valence-electron chi connectivity index (χ1n) is 7.14. The maximum atomic E-state index is 12.1. The molecule has 0 saturated heterocycles. The molecule has 0 saturated carbocycles. The largest absolute Gasteiger partial charge is 0.462 e. The summed E-state index contributed by atoms with van der Waals surface area (Å²) in [6, 6.07) is 12.4. The van der Waals surface area contributed by atoms with Crippen LogP contribution in [-0.2, 0) is 9.53 Å². The van der Waals surface area contributed by atoms with E-state index in [0.29, 0.717) is 5.69 Å². The Morgan fingerprint density at radius 1 is 1.21 bits per heavy atom. The van der Waals surface area contributed by atoms with Gasteiger partial charge in [-0.15, -0.1) is 11.8 Å². The fourth-order valence-electron chi connectivity index (χ4n) is 1.85. The second-order valence-electron chi connectivity index (χ2n) is 4.71. The maximum Gasteiger partial charge on any atom is 0.339 e. The number of carbonyl (C=O) groups excluding carboxylic acids is 2. The molecule has 0 unspecified atom stereocenters. The molecule has 126 valence electrons. The molecule has 0 radical (unpaired) electrons. The zero-order chi connectivity index (χ0) is 17.5. The Bertz CT molecular complexity index is 737. The fourth-order valence-corrected chi connectivity index (χ4v) is 3.00. The Kier molecular flexibility index (Phi) is 7.15. The minimum atomic E-state index is -0.511. The van der Waals surface area contributed by atoms with Gasteiger partial charge >= 0.3 is 5.97 Å². The molecule has 0 aromatic heterocycles. The quantitative estimate of drug-likeness (QED) is 0.519. The van der Waals surface area contributed by atoms with E-state index in [9.17, 15) is 9.59 Å². The zero-order valence-electron chi connectivity index (χ0n) is 12.8. The van der Waals surface area contributed by atoms with E-state index in [2.05, 4.69) is 21.2 Å². The van der Waals surface area contributed by atoms with Gasteiger partial charge in [-0.05, 0) is 49.4 Å². The summed E-state index contributed by atoms with van der Waals surface area (Å²) in [5.41, 5.74) is 0.737. The van der Waals surface area contributed by atoms with Gasteiger partial charge in [-0.2, -0.15) is 0 Å². The molecule has 0 aliphatic carbocycles. The highest BCUT2D eigenvalue weighted by atomic mass is 79.9. The molecule has 0 fully saturated rings. The fraction of sp³-hybridized carbons (Fsp3) is 0.176. The summed E-state index contributed by atoms with van der Waals surface area (Å²) >= 11 is 10.8. The summed E-state index contributed by atoms with van der Waals surface area (Å²) in [5, 5.41) is 3.04. The van der Waals surface area contributed by atoms with E-state index in [-0.39, 0.29) is 28.9 Å². The molecule has 0 spiro atoms. The predicted octanol–water partition coefficient (Wildman–Crippen LogP) is 5.01. The van der Waals surface area contributed by atoms with Crippen LogP contribution < -0.4 is 5.32 Å². The third-order valence-corrected chi connectivity index (χ3v) is 4.80. The van der Waals surface area contributed by atoms with Crippen LogP contribution in [-0.4, -0.2) is 24.2 Å². The standard InChI is InChI=1S/C17H15BrClNO3S/c1-2-23-17(22)14-9-12(5-8-15(14)19)20-16(21)10-24-13-6-3-11(18)4-7-13/h3-9H,2,10H2,1H3,(H,20,21). The Hall–Kier alpha value is -1.50. The lowest BCUT2D eigenvalue weighted by Crippen LogP contribution is -2.15. The number of rotatable bonds is 6. The highest BCUT2D eigenvalue weighted by molar-refractivity contribution is 9.10. The number of benzene rings is 2. The number of anilines is 1. The normalized spacial score (nSPS) is 10.3. The molecule has 1 amide bonds. The second kappa shape index (κ2) is 9.11. The van der Waals surface area contributed by atoms with E-state index in [4.69, 9.17) is 16.3 Å². The summed E-state index contributed by atoms with van der Waals surface area (Å²) in [4.78, 5) is 24.9. The molecule has 2 aromatic carbocycles. The van der Waals surface area contributed by atoms with Crippen LogP contribution in [0, 0.1) is 0 Å². The van der Waals surface area contributed by atoms with Crippen molar-refractivity contribution in [3.05, 3.63) is 57.5 Å². The first kappa shape index (κ1) is 18.8. The molecular formula is C17H15BrClNO3S. The molecule has 0 heterocycles. The Balaban J connectivity index is 1.97. The average molecular weight is 429 g/mol. The first-order chi connectivity index (χ1) is 11.5. The minimum Gasteiger partial charge on any atom is -0.462 e. The van der Waals surface area contributed by atoms with Gasteiger partial charge in [-0.25, -0.2) is 4.79 Å². The van der Waals surface area contributed by atoms with Crippen molar-refractivity contribution in [2.45, 2.75) is 11.8 Å². The Morgan fingerprint density at radius 2 is 1.92 bits per heavy atom. The molecule has 0 bridgehead atoms. The van der Waals surface area contributed by atoms with Crippen LogP contribution in [0.25, 0.3) is 0 Å². The van der Waals surface area contributed by atoms with Crippen LogP contribution >= 0.6 is 39.3 Å². The van der Waals surface area contributed by atoms with Crippen molar-refractivity contribution in [2.24, 2.45) is 0 Å². The summed E-state index contributed by atoms with van der Waals surface area (Å²) in [7, 11) is 0. The van der Waals surface area contributed by atoms with Gasteiger partial charge in [0.2, 0.25) is 5.91 Å². The molecule has 0 atom stereocenters. The number of hydrogen-bond donors (Lipinski definition) is 1. The molecule has 7 heteroatoms. The number of thioether (sulfide) groups is 1. The molecule has 1 N–H and O–H groups in total. The van der Waals surface area contributed by atoms with Crippen LogP contribution in [0.5, 0.6) is 0 Å². The van der Waals surface area contributed by atoms with Crippen molar-refractivity contribution in [2.75, 3.05) is 17.7 Å². The van der Waals surface area contributed by atoms with Crippen LogP contribution in [0.3, 0.4) is 0 Å². The second-order valence-corrected chi connectivity index (χ2v) is 7.08. The van der Waals surface area contributed by atoms with Crippen LogP contribution in [0.1, 0.15) is 17.3 Å². The summed E-state index contributed by atoms with van der Waals surface area (Å²) in [6.45, 7) is 1.98. The molecule has 24 heavy (non-hydrogen) atoms. The highest BCUT2D eigenvalue weighted by Gasteiger charge is 2.13. The lowest BCUT2D eigenvalue weighted by atomic mass is 10.2. The van der Waals surface area contributed by atoms with Gasteiger partial charge in [0.05, 0.1) is 22.9 Å². The number of carbonyl (C=O) groups is 2. The van der Waals surface area contributed by atoms with Crippen molar-refractivity contribution < 1.29 is 14.3 Å². The lowest BCUT2D eigenvalue weighted by molar-refractivity contribution is -0.113. The number of hydrogen-bond acceptors (Lipinski definition) is 4. The minimum absolute atomic E-state index is 0.167. The molecule has 2 rings (SSSR count). The molecule has 2 aromatic rings. The van der Waals surface area contributed by atoms with E-state index < -0.39 is 5.97 Å². The van der Waals surface area contributed by atoms with Gasteiger partial charge in [-0.3, -0.25) is 4.79 Å². The van der Waals surface area contributed by atoms with Crippen molar-refractivity contribution in [3.63, 3.8) is 0 Å². The number of halogens is 2. The third kappa shape index (κ3) is 5.54. The highest BCUT2D eigenvalue weighted by Crippen LogP contribution is 2.23. The van der Waals surface area contributed by atoms with E-state index in [1.807, 2.05) is 24.3 Å². The van der Waals surface area contributed by atoms with Crippen molar-refractivity contribution in [3.8, 4) is 0 Å². The van der Waals surface area contributed by atoms with Crippen molar-refractivity contribution >= 4 is 56.9 Å². The number of ether oxygens (including phenoxy) is 1. The Labute approximate surface area is 158 Å². The number of nitrogens with one attached hydrogen (secondary N) is 1. The zero-order valence-corrected chi connectivity index (χ0v) is 16.0. The SMILES string of the molecule is CCOC(=O)c1cc(NC(=O)CSc2ccc(Br)cc2)ccc1Cl. The summed E-state index contributed by atoms with van der Waals surface area (Å²) in [5.74, 6) is -0.415. The van der Waals surface area contributed by atoms with Crippen molar-refractivity contribution in [1.29, 1.82) is 0 Å². The van der Waals surface area contributed by atoms with E-state index >= 15 is 0 Å². The van der Waals surface area contributed by atoms with Gasteiger partial charge in [0, 0.05) is 15.1 Å². The topological polar surface area (TPSA) is 55.4 Å². The molecular weight excluding hydrogens is 414 g/mol. The van der Waals surface area contributed by atoms with Crippen LogP contribution in [0.2, 0.25) is 5.02 Å². The average Bonchev–Trinajstić information content (AvgIpc) is 2.56. The smallest absolute Gasteiger partial charge is 0.339 e. The van der Waals surface area contributed by atoms with Gasteiger partial charge in [-0.1, -0.05) is 27.5 Å². The number of esters is 1. The van der Waals surface area contributed by atoms with Gasteiger partial charge in [0.25, 0.3) is 0 Å². The van der Waals surface area contributed by atoms with E-state index in [1.165, 1.54) is 17.8 Å². The lowest BCUT2D eigenvalue weighted by Gasteiger charge is -2.09. The predicted molar refractivity (Wildman–Crippen MR) is 101 cm³/mol. The van der Waals surface area contributed by atoms with Gasteiger partial charge in [0.15, 0.2) is 0 Å². The summed E-state index contributed by atoms with van der Waals surface area (Å²) in [6.07, 6.45) is 0. The number of amides is 1.